The van der Waals surface area contributed by atoms with Crippen LogP contribution in [0, 0.1) is 13.8 Å². The zero-order valence-corrected chi connectivity index (χ0v) is 20.8. The lowest BCUT2D eigenvalue weighted by Gasteiger charge is -2.13. The largest absolute Gasteiger partial charge is 0.494 e. The van der Waals surface area contributed by atoms with Gasteiger partial charge in [0.15, 0.2) is 5.96 Å². The molecule has 1 aromatic heterocycles. The summed E-state index contributed by atoms with van der Waals surface area (Å²) in [4.78, 5) is 6.47. The van der Waals surface area contributed by atoms with Crippen LogP contribution < -0.4 is 15.4 Å². The van der Waals surface area contributed by atoms with Crippen molar-refractivity contribution in [2.75, 3.05) is 34.3 Å². The molecule has 0 aliphatic heterocycles. The zero-order chi connectivity index (χ0) is 20.5. The number of guanidine groups is 1. The number of aromatic nitrogens is 2. The third-order valence-electron chi connectivity index (χ3n) is 4.72. The Balaban J connectivity index is 0.00000420. The summed E-state index contributed by atoms with van der Waals surface area (Å²) in [6.45, 7) is 7.28. The molecule has 0 unspecified atom stereocenters. The minimum Gasteiger partial charge on any atom is -0.494 e. The first-order chi connectivity index (χ1) is 13.4. The van der Waals surface area contributed by atoms with E-state index in [1.54, 1.807) is 7.05 Å². The van der Waals surface area contributed by atoms with Gasteiger partial charge in [0, 0.05) is 45.0 Å². The van der Waals surface area contributed by atoms with Crippen molar-refractivity contribution in [2.24, 2.45) is 12.0 Å². The van der Waals surface area contributed by atoms with E-state index in [9.17, 15) is 0 Å². The molecule has 8 heteroatoms. The number of hydrogen-bond acceptors (Lipinski definition) is 4. The Morgan fingerprint density at radius 1 is 1.14 bits per heavy atom. The molecule has 0 amide bonds. The Kier molecular flexibility index (Phi) is 11.0. The van der Waals surface area contributed by atoms with Gasteiger partial charge >= 0.3 is 0 Å². The predicted octanol–water partition coefficient (Wildman–Crippen LogP) is 2.85. The molecule has 0 radical (unpaired) electrons. The standard InChI is InChI=1S/C21H34N6O.HI/c1-16-20(17(2)27(6)25-16)15-24-21(22-3)23-14-18-8-10-19(11-9-18)28-13-7-12-26(4)5;/h8-11H,7,12-15H2,1-6H3,(H2,22,23,24);1H. The van der Waals surface area contributed by atoms with Gasteiger partial charge in [0.25, 0.3) is 0 Å². The van der Waals surface area contributed by atoms with Gasteiger partial charge in [0.05, 0.1) is 12.3 Å². The van der Waals surface area contributed by atoms with Crippen molar-refractivity contribution in [1.29, 1.82) is 0 Å². The quantitative estimate of drug-likeness (QED) is 0.233. The van der Waals surface area contributed by atoms with Crippen molar-refractivity contribution in [3.8, 4) is 5.75 Å². The van der Waals surface area contributed by atoms with Crippen LogP contribution in [0.4, 0.5) is 0 Å². The Morgan fingerprint density at radius 2 is 1.79 bits per heavy atom. The number of benzene rings is 1. The summed E-state index contributed by atoms with van der Waals surface area (Å²) in [5.74, 6) is 1.68. The van der Waals surface area contributed by atoms with Crippen LogP contribution in [0.2, 0.25) is 0 Å². The van der Waals surface area contributed by atoms with Crippen LogP contribution in [-0.4, -0.2) is 54.9 Å². The molecule has 2 N–H and O–H groups in total. The monoisotopic (exact) mass is 514 g/mol. The predicted molar refractivity (Wildman–Crippen MR) is 130 cm³/mol. The summed E-state index contributed by atoms with van der Waals surface area (Å²) >= 11 is 0. The van der Waals surface area contributed by atoms with Gasteiger partial charge in [-0.25, -0.2) is 0 Å². The molecule has 0 fully saturated rings. The van der Waals surface area contributed by atoms with Crippen molar-refractivity contribution in [3.63, 3.8) is 0 Å². The molecule has 1 heterocycles. The highest BCUT2D eigenvalue weighted by molar-refractivity contribution is 14.0. The van der Waals surface area contributed by atoms with Gasteiger partial charge in [-0.1, -0.05) is 12.1 Å². The van der Waals surface area contributed by atoms with E-state index in [4.69, 9.17) is 4.74 Å². The molecule has 0 bridgehead atoms. The first-order valence-corrected chi connectivity index (χ1v) is 9.70. The highest BCUT2D eigenvalue weighted by Crippen LogP contribution is 2.13. The van der Waals surface area contributed by atoms with E-state index in [0.29, 0.717) is 13.1 Å². The summed E-state index contributed by atoms with van der Waals surface area (Å²) in [7, 11) is 7.89. The van der Waals surface area contributed by atoms with Gasteiger partial charge in [-0.3, -0.25) is 9.67 Å². The second-order valence-corrected chi connectivity index (χ2v) is 7.20. The fraction of sp³-hybridized carbons (Fsp3) is 0.524. The highest BCUT2D eigenvalue weighted by atomic mass is 127. The van der Waals surface area contributed by atoms with Crippen LogP contribution in [-0.2, 0) is 20.1 Å². The number of ether oxygens (including phenoxy) is 1. The molecule has 0 aliphatic rings. The number of aryl methyl sites for hydroxylation is 2. The fourth-order valence-electron chi connectivity index (χ4n) is 2.93. The second-order valence-electron chi connectivity index (χ2n) is 7.20. The van der Waals surface area contributed by atoms with Crippen LogP contribution in [0.5, 0.6) is 5.75 Å². The molecule has 0 saturated carbocycles. The fourth-order valence-corrected chi connectivity index (χ4v) is 2.93. The average molecular weight is 514 g/mol. The third-order valence-corrected chi connectivity index (χ3v) is 4.72. The molecule has 2 rings (SSSR count). The van der Waals surface area contributed by atoms with Crippen LogP contribution in [0.25, 0.3) is 0 Å². The molecular formula is C21H35IN6O. The molecule has 0 saturated heterocycles. The molecule has 29 heavy (non-hydrogen) atoms. The molecule has 7 nitrogen and oxygen atoms in total. The third kappa shape index (κ3) is 8.22. The maximum Gasteiger partial charge on any atom is 0.191 e. The van der Waals surface area contributed by atoms with Crippen LogP contribution >= 0.6 is 24.0 Å². The maximum atomic E-state index is 5.78. The minimum absolute atomic E-state index is 0. The van der Waals surface area contributed by atoms with E-state index in [1.807, 2.05) is 30.8 Å². The van der Waals surface area contributed by atoms with Gasteiger partial charge in [-0.2, -0.15) is 5.10 Å². The smallest absolute Gasteiger partial charge is 0.191 e. The van der Waals surface area contributed by atoms with E-state index in [1.165, 1.54) is 16.8 Å². The Bertz CT molecular complexity index is 770. The van der Waals surface area contributed by atoms with Crippen molar-refractivity contribution in [2.45, 2.75) is 33.4 Å². The second kappa shape index (κ2) is 12.7. The number of rotatable bonds is 9. The number of halogens is 1. The first-order valence-electron chi connectivity index (χ1n) is 9.70. The zero-order valence-electron chi connectivity index (χ0n) is 18.5. The van der Waals surface area contributed by atoms with Crippen LogP contribution in [0.3, 0.4) is 0 Å². The summed E-state index contributed by atoms with van der Waals surface area (Å²) in [6, 6.07) is 8.20. The lowest BCUT2D eigenvalue weighted by atomic mass is 10.2. The Hall–Kier alpha value is -1.81. The van der Waals surface area contributed by atoms with Crippen LogP contribution in [0.15, 0.2) is 29.3 Å². The first kappa shape index (κ1) is 25.2. The van der Waals surface area contributed by atoms with Crippen LogP contribution in [0.1, 0.15) is 28.9 Å². The topological polar surface area (TPSA) is 66.7 Å². The van der Waals surface area contributed by atoms with E-state index in [0.717, 1.165) is 37.0 Å². The number of nitrogens with one attached hydrogen (secondary N) is 2. The lowest BCUT2D eigenvalue weighted by Crippen LogP contribution is -2.36. The number of nitrogens with zero attached hydrogens (tertiary/aromatic N) is 4. The Labute approximate surface area is 191 Å². The normalized spacial score (nSPS) is 11.3. The SMILES string of the molecule is CN=C(NCc1ccc(OCCCN(C)C)cc1)NCc1c(C)nn(C)c1C.I. The summed E-state index contributed by atoms with van der Waals surface area (Å²) in [5.41, 5.74) is 4.60. The molecule has 1 aromatic carbocycles. The molecule has 0 spiro atoms. The molecular weight excluding hydrogens is 479 g/mol. The number of aliphatic imine (C=N–C) groups is 1. The van der Waals surface area contributed by atoms with Crippen molar-refractivity contribution >= 4 is 29.9 Å². The maximum absolute atomic E-state index is 5.78. The molecule has 162 valence electrons. The molecule has 0 atom stereocenters. The summed E-state index contributed by atoms with van der Waals surface area (Å²) < 4.78 is 7.69. The van der Waals surface area contributed by atoms with E-state index < -0.39 is 0 Å². The van der Waals surface area contributed by atoms with E-state index in [2.05, 4.69) is 58.8 Å². The minimum atomic E-state index is 0. The van der Waals surface area contributed by atoms with Crippen molar-refractivity contribution in [3.05, 3.63) is 46.8 Å². The highest BCUT2D eigenvalue weighted by Gasteiger charge is 2.09. The van der Waals surface area contributed by atoms with Gasteiger partial charge < -0.3 is 20.3 Å². The van der Waals surface area contributed by atoms with E-state index in [-0.39, 0.29) is 24.0 Å². The Morgan fingerprint density at radius 3 is 2.34 bits per heavy atom. The summed E-state index contributed by atoms with van der Waals surface area (Å²) in [6.07, 6.45) is 1.02. The molecule has 2 aromatic rings. The van der Waals surface area contributed by atoms with E-state index >= 15 is 0 Å². The number of hydrogen-bond donors (Lipinski definition) is 2. The average Bonchev–Trinajstić information content (AvgIpc) is 2.92. The lowest BCUT2D eigenvalue weighted by molar-refractivity contribution is 0.281. The molecule has 0 aliphatic carbocycles. The van der Waals surface area contributed by atoms with Gasteiger partial charge in [0.1, 0.15) is 5.75 Å². The van der Waals surface area contributed by atoms with Gasteiger partial charge in [-0.05, 0) is 52.1 Å². The van der Waals surface area contributed by atoms with Crippen molar-refractivity contribution in [1.82, 2.24) is 25.3 Å². The van der Waals surface area contributed by atoms with Gasteiger partial charge in [-0.15, -0.1) is 24.0 Å². The van der Waals surface area contributed by atoms with Gasteiger partial charge in [0.2, 0.25) is 0 Å². The summed E-state index contributed by atoms with van der Waals surface area (Å²) in [5, 5.41) is 11.2. The van der Waals surface area contributed by atoms with Crippen molar-refractivity contribution < 1.29 is 4.74 Å².